The molecule has 1 saturated carbocycles. The van der Waals surface area contributed by atoms with Crippen LogP contribution in [0.3, 0.4) is 0 Å². The van der Waals surface area contributed by atoms with Crippen LogP contribution in [0.25, 0.3) is 0 Å². The van der Waals surface area contributed by atoms with Crippen LogP contribution < -0.4 is 0 Å². The van der Waals surface area contributed by atoms with Crippen molar-refractivity contribution >= 4 is 11.6 Å². The van der Waals surface area contributed by atoms with Gasteiger partial charge in [-0.3, -0.25) is 0 Å². The molecule has 0 spiro atoms. The molecule has 1 aliphatic carbocycles. The van der Waals surface area contributed by atoms with Crippen molar-refractivity contribution in [3.63, 3.8) is 0 Å². The second kappa shape index (κ2) is 6.43. The van der Waals surface area contributed by atoms with Gasteiger partial charge in [0.15, 0.2) is 0 Å². The molecular weight excluding hydrogens is 294 g/mol. The first-order valence-corrected chi connectivity index (χ1v) is 9.17. The van der Waals surface area contributed by atoms with Gasteiger partial charge in [0.25, 0.3) is 0 Å². The van der Waals surface area contributed by atoms with Crippen LogP contribution in [0.5, 0.6) is 0 Å². The zero-order chi connectivity index (χ0) is 16.4. The number of nitrogens with zero attached hydrogens (tertiary/aromatic N) is 1. The molecular formula is C22H25NO. The van der Waals surface area contributed by atoms with Crippen molar-refractivity contribution in [3.05, 3.63) is 65.7 Å². The largest absolute Gasteiger partial charge is 0.466 e. The minimum atomic E-state index is -0.286. The van der Waals surface area contributed by atoms with E-state index in [0.717, 1.165) is 29.5 Å². The summed E-state index contributed by atoms with van der Waals surface area (Å²) in [5.74, 6) is 1.51. The highest BCUT2D eigenvalue weighted by Gasteiger charge is 2.38. The van der Waals surface area contributed by atoms with Crippen molar-refractivity contribution in [1.82, 2.24) is 0 Å². The van der Waals surface area contributed by atoms with E-state index in [2.05, 4.69) is 43.3 Å². The summed E-state index contributed by atoms with van der Waals surface area (Å²) in [6.45, 7) is 2.25. The molecule has 1 fully saturated rings. The summed E-state index contributed by atoms with van der Waals surface area (Å²) in [5.41, 5.74) is 3.06. The first kappa shape index (κ1) is 15.4. The van der Waals surface area contributed by atoms with Crippen LogP contribution in [0.4, 0.5) is 5.69 Å². The number of ether oxygens (including phenoxy) is 1. The number of benzene rings is 2. The first-order valence-electron chi connectivity index (χ1n) is 9.17. The summed E-state index contributed by atoms with van der Waals surface area (Å²) in [4.78, 5) is 4.80. The van der Waals surface area contributed by atoms with Gasteiger partial charge in [-0.25, -0.2) is 4.99 Å². The normalized spacial score (nSPS) is 24.0. The van der Waals surface area contributed by atoms with Crippen LogP contribution in [-0.2, 0) is 10.3 Å². The van der Waals surface area contributed by atoms with E-state index >= 15 is 0 Å². The number of hydrogen-bond acceptors (Lipinski definition) is 2. The molecule has 124 valence electrons. The van der Waals surface area contributed by atoms with Gasteiger partial charge in [-0.2, -0.15) is 0 Å². The molecule has 2 nitrogen and oxygen atoms in total. The highest BCUT2D eigenvalue weighted by molar-refractivity contribution is 5.97. The van der Waals surface area contributed by atoms with Crippen LogP contribution >= 0.6 is 0 Å². The smallest absolute Gasteiger partial charge is 0.222 e. The van der Waals surface area contributed by atoms with Gasteiger partial charge in [0, 0.05) is 11.1 Å². The molecule has 0 amide bonds. The van der Waals surface area contributed by atoms with E-state index in [1.165, 1.54) is 37.7 Å². The minimum Gasteiger partial charge on any atom is -0.466 e. The van der Waals surface area contributed by atoms with Crippen molar-refractivity contribution in [2.45, 2.75) is 51.0 Å². The van der Waals surface area contributed by atoms with Crippen LogP contribution in [0.15, 0.2) is 59.6 Å². The van der Waals surface area contributed by atoms with Crippen LogP contribution in [-0.4, -0.2) is 5.90 Å². The molecule has 0 unspecified atom stereocenters. The van der Waals surface area contributed by atoms with Crippen LogP contribution in [0, 0.1) is 5.92 Å². The fourth-order valence-corrected chi connectivity index (χ4v) is 4.22. The lowest BCUT2D eigenvalue weighted by Crippen LogP contribution is -2.35. The van der Waals surface area contributed by atoms with E-state index in [0.29, 0.717) is 0 Å². The molecule has 1 atom stereocenters. The molecule has 0 saturated heterocycles. The number of rotatable bonds is 3. The molecule has 24 heavy (non-hydrogen) atoms. The van der Waals surface area contributed by atoms with Crippen molar-refractivity contribution in [2.75, 3.05) is 0 Å². The highest BCUT2D eigenvalue weighted by atomic mass is 16.5. The standard InChI is InChI=1S/C22H25NO/c1-22(16-17-10-4-2-5-11-17)19-14-8-9-15-20(19)23-21(24-22)18-12-6-3-7-13-18/h3,6-9,12-15,17H,2,4-5,10-11,16H2,1H3/t22-/m0/s1. The molecule has 2 heteroatoms. The summed E-state index contributed by atoms with van der Waals surface area (Å²) in [7, 11) is 0. The van der Waals surface area contributed by atoms with Gasteiger partial charge in [0.05, 0.1) is 5.69 Å². The molecule has 1 heterocycles. The average molecular weight is 319 g/mol. The Kier molecular flexibility index (Phi) is 4.13. The molecule has 0 bridgehead atoms. The van der Waals surface area contributed by atoms with E-state index in [1.54, 1.807) is 0 Å². The van der Waals surface area contributed by atoms with E-state index < -0.39 is 0 Å². The Labute approximate surface area is 144 Å². The Hall–Kier alpha value is -2.09. The second-order valence-electron chi connectivity index (χ2n) is 7.34. The van der Waals surface area contributed by atoms with Gasteiger partial charge in [0.2, 0.25) is 5.90 Å². The SMILES string of the molecule is C[C@@]1(CC2CCCCC2)OC(c2ccccc2)=Nc2ccccc21. The van der Waals surface area contributed by atoms with Gasteiger partial charge in [-0.1, -0.05) is 68.5 Å². The van der Waals surface area contributed by atoms with Crippen molar-refractivity contribution in [2.24, 2.45) is 10.9 Å². The Morgan fingerprint density at radius 2 is 1.67 bits per heavy atom. The summed E-state index contributed by atoms with van der Waals surface area (Å²) in [5, 5.41) is 0. The summed E-state index contributed by atoms with van der Waals surface area (Å²) in [6, 6.07) is 18.7. The second-order valence-corrected chi connectivity index (χ2v) is 7.34. The molecule has 1 aliphatic heterocycles. The Morgan fingerprint density at radius 1 is 0.958 bits per heavy atom. The minimum absolute atomic E-state index is 0.286. The fourth-order valence-electron chi connectivity index (χ4n) is 4.22. The van der Waals surface area contributed by atoms with Crippen LogP contribution in [0.1, 0.15) is 56.6 Å². The quantitative estimate of drug-likeness (QED) is 0.682. The van der Waals surface area contributed by atoms with Gasteiger partial charge >= 0.3 is 0 Å². The van der Waals surface area contributed by atoms with E-state index in [4.69, 9.17) is 9.73 Å². The monoisotopic (exact) mass is 319 g/mol. The topological polar surface area (TPSA) is 21.6 Å². The lowest BCUT2D eigenvalue weighted by Gasteiger charge is -2.39. The highest BCUT2D eigenvalue weighted by Crippen LogP contribution is 2.44. The van der Waals surface area contributed by atoms with Gasteiger partial charge < -0.3 is 4.74 Å². The zero-order valence-corrected chi connectivity index (χ0v) is 14.4. The molecule has 0 radical (unpaired) electrons. The summed E-state index contributed by atoms with van der Waals surface area (Å²) < 4.78 is 6.54. The number of hydrogen-bond donors (Lipinski definition) is 0. The first-order chi connectivity index (χ1) is 11.7. The van der Waals surface area contributed by atoms with Crippen molar-refractivity contribution < 1.29 is 4.74 Å². The maximum atomic E-state index is 6.54. The fraction of sp³-hybridized carbons (Fsp3) is 0.409. The average Bonchev–Trinajstić information content (AvgIpc) is 2.63. The summed E-state index contributed by atoms with van der Waals surface area (Å²) >= 11 is 0. The number of fused-ring (bicyclic) bond motifs is 1. The zero-order valence-electron chi connectivity index (χ0n) is 14.4. The van der Waals surface area contributed by atoms with E-state index in [1.807, 2.05) is 18.2 Å². The molecule has 0 aromatic heterocycles. The van der Waals surface area contributed by atoms with Gasteiger partial charge in [-0.05, 0) is 37.5 Å². The molecule has 2 aromatic rings. The Morgan fingerprint density at radius 3 is 2.46 bits per heavy atom. The molecule has 4 rings (SSSR count). The number of para-hydroxylation sites is 1. The van der Waals surface area contributed by atoms with Crippen molar-refractivity contribution in [3.8, 4) is 0 Å². The molecule has 2 aliphatic rings. The third-order valence-electron chi connectivity index (χ3n) is 5.44. The lowest BCUT2D eigenvalue weighted by molar-refractivity contribution is 0.0357. The predicted octanol–water partition coefficient (Wildman–Crippen LogP) is 5.98. The van der Waals surface area contributed by atoms with Gasteiger partial charge in [-0.15, -0.1) is 0 Å². The number of aliphatic imine (C=N–C) groups is 1. The van der Waals surface area contributed by atoms with E-state index in [9.17, 15) is 0 Å². The predicted molar refractivity (Wildman–Crippen MR) is 98.7 cm³/mol. The van der Waals surface area contributed by atoms with Crippen LogP contribution in [0.2, 0.25) is 0 Å². The third-order valence-corrected chi connectivity index (χ3v) is 5.44. The van der Waals surface area contributed by atoms with Crippen molar-refractivity contribution in [1.29, 1.82) is 0 Å². The molecule has 2 aromatic carbocycles. The third kappa shape index (κ3) is 2.98. The van der Waals surface area contributed by atoms with Gasteiger partial charge in [0.1, 0.15) is 5.60 Å². The maximum absolute atomic E-state index is 6.54. The lowest BCUT2D eigenvalue weighted by atomic mass is 9.78. The Balaban J connectivity index is 1.70. The summed E-state index contributed by atoms with van der Waals surface area (Å²) in [6.07, 6.45) is 7.86. The Bertz CT molecular complexity index is 731. The van der Waals surface area contributed by atoms with E-state index in [-0.39, 0.29) is 5.60 Å². The maximum Gasteiger partial charge on any atom is 0.222 e. The molecule has 0 N–H and O–H groups in total.